The van der Waals surface area contributed by atoms with Gasteiger partial charge in [0, 0.05) is 9.50 Å². The van der Waals surface area contributed by atoms with Crippen molar-refractivity contribution in [3.8, 4) is 0 Å². The molecule has 19 heavy (non-hydrogen) atoms. The summed E-state index contributed by atoms with van der Waals surface area (Å²) in [4.78, 5) is 0. The summed E-state index contributed by atoms with van der Waals surface area (Å²) in [5, 5.41) is 11.0. The van der Waals surface area contributed by atoms with Gasteiger partial charge in [-0.2, -0.15) is 0 Å². The summed E-state index contributed by atoms with van der Waals surface area (Å²) in [6.45, 7) is 0. The molecule has 3 heteroatoms. The first-order valence-electron chi connectivity index (χ1n) is 6.35. The van der Waals surface area contributed by atoms with Crippen LogP contribution in [0.4, 0.5) is 0 Å². The second-order valence-corrected chi connectivity index (χ2v) is 6.41. The highest BCUT2D eigenvalue weighted by molar-refractivity contribution is 9.10. The molecule has 0 spiro atoms. The molecule has 0 amide bonds. The van der Waals surface area contributed by atoms with Gasteiger partial charge in [0.05, 0.1) is 6.10 Å². The Balaban J connectivity index is 1.74. The van der Waals surface area contributed by atoms with Crippen LogP contribution in [0.3, 0.4) is 0 Å². The Morgan fingerprint density at radius 2 is 2.05 bits per heavy atom. The van der Waals surface area contributed by atoms with Crippen molar-refractivity contribution in [1.29, 1.82) is 0 Å². The van der Waals surface area contributed by atoms with Crippen LogP contribution in [0.15, 0.2) is 46.9 Å². The van der Waals surface area contributed by atoms with Gasteiger partial charge in [0.15, 0.2) is 0 Å². The van der Waals surface area contributed by atoms with Gasteiger partial charge >= 0.3 is 0 Å². The lowest BCUT2D eigenvalue weighted by molar-refractivity contribution is 0.153. The van der Waals surface area contributed by atoms with E-state index in [1.807, 2.05) is 18.2 Å². The van der Waals surface area contributed by atoms with Gasteiger partial charge in [0.25, 0.3) is 0 Å². The van der Waals surface area contributed by atoms with Gasteiger partial charge in [-0.05, 0) is 53.6 Å². The van der Waals surface area contributed by atoms with Crippen molar-refractivity contribution >= 4 is 27.5 Å². The molecule has 0 radical (unpaired) electrons. The number of benzene rings is 2. The highest BCUT2D eigenvalue weighted by Crippen LogP contribution is 2.41. The van der Waals surface area contributed by atoms with Gasteiger partial charge in [0.2, 0.25) is 0 Å². The molecule has 0 saturated carbocycles. The van der Waals surface area contributed by atoms with Gasteiger partial charge < -0.3 is 5.11 Å². The fourth-order valence-corrected chi connectivity index (χ4v) is 3.63. The van der Waals surface area contributed by atoms with Crippen molar-refractivity contribution in [1.82, 2.24) is 0 Å². The van der Waals surface area contributed by atoms with Crippen LogP contribution in [0.5, 0.6) is 0 Å². The van der Waals surface area contributed by atoms with E-state index in [4.69, 9.17) is 11.6 Å². The third kappa shape index (κ3) is 2.71. The van der Waals surface area contributed by atoms with E-state index in [1.54, 1.807) is 0 Å². The Kier molecular flexibility index (Phi) is 3.66. The van der Waals surface area contributed by atoms with E-state index >= 15 is 0 Å². The van der Waals surface area contributed by atoms with Crippen molar-refractivity contribution in [2.24, 2.45) is 0 Å². The number of halogens is 2. The smallest absolute Gasteiger partial charge is 0.0796 e. The molecule has 0 saturated heterocycles. The lowest BCUT2D eigenvalue weighted by Crippen LogP contribution is -2.19. The maximum absolute atomic E-state index is 10.4. The fraction of sp³-hybridized carbons (Fsp3) is 0.250. The van der Waals surface area contributed by atoms with E-state index in [0.29, 0.717) is 10.9 Å². The van der Waals surface area contributed by atoms with E-state index in [-0.39, 0.29) is 0 Å². The molecule has 0 heterocycles. The summed E-state index contributed by atoms with van der Waals surface area (Å²) in [5.41, 5.74) is 3.67. The third-order valence-electron chi connectivity index (χ3n) is 3.74. The van der Waals surface area contributed by atoms with Crippen LogP contribution in [-0.2, 0) is 6.42 Å². The Morgan fingerprint density at radius 1 is 1.26 bits per heavy atom. The quantitative estimate of drug-likeness (QED) is 0.847. The van der Waals surface area contributed by atoms with E-state index < -0.39 is 6.10 Å². The third-order valence-corrected chi connectivity index (χ3v) is 4.41. The number of fused-ring (bicyclic) bond motifs is 1. The molecule has 1 nitrogen and oxygen atoms in total. The second-order valence-electron chi connectivity index (χ2n) is 5.05. The molecular weight excluding hydrogens is 324 g/mol. The monoisotopic (exact) mass is 336 g/mol. The van der Waals surface area contributed by atoms with Crippen LogP contribution >= 0.6 is 27.5 Å². The van der Waals surface area contributed by atoms with Crippen molar-refractivity contribution in [3.05, 3.63) is 68.7 Å². The zero-order chi connectivity index (χ0) is 13.4. The van der Waals surface area contributed by atoms with E-state index in [0.717, 1.165) is 22.9 Å². The van der Waals surface area contributed by atoms with Gasteiger partial charge in [-0.25, -0.2) is 0 Å². The Bertz CT molecular complexity index is 591. The highest BCUT2D eigenvalue weighted by Gasteiger charge is 2.28. The molecule has 2 aromatic rings. The molecule has 3 rings (SSSR count). The fourth-order valence-electron chi connectivity index (χ4n) is 2.75. The normalized spacial score (nSPS) is 18.6. The number of hydrogen-bond acceptors (Lipinski definition) is 1. The molecule has 0 aliphatic heterocycles. The molecule has 0 bridgehead atoms. The number of aliphatic hydroxyl groups is 1. The first-order chi connectivity index (χ1) is 9.13. The van der Waals surface area contributed by atoms with Crippen LogP contribution in [-0.4, -0.2) is 5.11 Å². The molecule has 1 N–H and O–H groups in total. The maximum atomic E-state index is 10.4. The maximum Gasteiger partial charge on any atom is 0.0796 e. The first kappa shape index (κ1) is 13.2. The molecule has 2 aromatic carbocycles. The SMILES string of the molecule is OC(CC1Cc2ccccc21)c1cc(Cl)cc(Br)c1. The lowest BCUT2D eigenvalue weighted by Gasteiger charge is -2.31. The van der Waals surface area contributed by atoms with Crippen molar-refractivity contribution < 1.29 is 5.11 Å². The number of rotatable bonds is 3. The lowest BCUT2D eigenvalue weighted by atomic mass is 9.74. The van der Waals surface area contributed by atoms with Crippen LogP contribution in [0, 0.1) is 0 Å². The average molecular weight is 338 g/mol. The van der Waals surface area contributed by atoms with Crippen molar-refractivity contribution in [2.75, 3.05) is 0 Å². The average Bonchev–Trinajstić information content (AvgIpc) is 2.34. The van der Waals surface area contributed by atoms with Crippen molar-refractivity contribution in [2.45, 2.75) is 24.9 Å². The Labute approximate surface area is 126 Å². The molecule has 2 unspecified atom stereocenters. The van der Waals surface area contributed by atoms with Crippen molar-refractivity contribution in [3.63, 3.8) is 0 Å². The molecule has 0 fully saturated rings. The van der Waals surface area contributed by atoms with E-state index in [1.165, 1.54) is 11.1 Å². The van der Waals surface area contributed by atoms with Crippen LogP contribution < -0.4 is 0 Å². The zero-order valence-corrected chi connectivity index (χ0v) is 12.7. The first-order valence-corrected chi connectivity index (χ1v) is 7.52. The van der Waals surface area contributed by atoms with Crippen LogP contribution in [0.25, 0.3) is 0 Å². The summed E-state index contributed by atoms with van der Waals surface area (Å²) in [5.74, 6) is 0.462. The standard InChI is InChI=1S/C16H14BrClO/c17-13-6-12(7-14(18)9-13)16(19)8-11-5-10-3-1-2-4-15(10)11/h1-4,6-7,9,11,16,19H,5,8H2. The Hall–Kier alpha value is -0.830. The van der Waals surface area contributed by atoms with Gasteiger partial charge in [-0.15, -0.1) is 0 Å². The minimum absolute atomic E-state index is 0.462. The Morgan fingerprint density at radius 3 is 2.79 bits per heavy atom. The molecule has 0 aromatic heterocycles. The minimum atomic E-state index is -0.464. The van der Waals surface area contributed by atoms with Crippen LogP contribution in [0.1, 0.15) is 35.1 Å². The summed E-state index contributed by atoms with van der Waals surface area (Å²) < 4.78 is 0.906. The summed E-state index contributed by atoms with van der Waals surface area (Å²) in [6.07, 6.45) is 1.35. The topological polar surface area (TPSA) is 20.2 Å². The van der Waals surface area contributed by atoms with Gasteiger partial charge in [-0.1, -0.05) is 51.8 Å². The molecule has 98 valence electrons. The predicted octanol–water partition coefficient (Wildman–Crippen LogP) is 4.87. The number of aliphatic hydroxyl groups excluding tert-OH is 1. The summed E-state index contributed by atoms with van der Waals surface area (Å²) >= 11 is 9.43. The van der Waals surface area contributed by atoms with Gasteiger partial charge in [0.1, 0.15) is 0 Å². The summed E-state index contributed by atoms with van der Waals surface area (Å²) in [7, 11) is 0. The molecule has 1 aliphatic rings. The molecule has 1 aliphatic carbocycles. The largest absolute Gasteiger partial charge is 0.388 e. The predicted molar refractivity (Wildman–Crippen MR) is 81.6 cm³/mol. The van der Waals surface area contributed by atoms with E-state index in [2.05, 4.69) is 40.2 Å². The van der Waals surface area contributed by atoms with Gasteiger partial charge in [-0.3, -0.25) is 0 Å². The molecule has 2 atom stereocenters. The van der Waals surface area contributed by atoms with E-state index in [9.17, 15) is 5.11 Å². The number of hydrogen-bond donors (Lipinski definition) is 1. The highest BCUT2D eigenvalue weighted by atomic mass is 79.9. The molecular formula is C16H14BrClO. The van der Waals surface area contributed by atoms with Crippen LogP contribution in [0.2, 0.25) is 5.02 Å². The zero-order valence-electron chi connectivity index (χ0n) is 10.3. The minimum Gasteiger partial charge on any atom is -0.388 e. The summed E-state index contributed by atoms with van der Waals surface area (Å²) in [6, 6.07) is 14.0. The second kappa shape index (κ2) is 5.28.